The monoisotopic (exact) mass is 252 g/mol. The third kappa shape index (κ3) is 3.24. The Balaban J connectivity index is 2.62. The summed E-state index contributed by atoms with van der Waals surface area (Å²) in [6.07, 6.45) is -4.43. The van der Waals surface area contributed by atoms with Crippen LogP contribution in [0, 0.1) is 0 Å². The Morgan fingerprint density at radius 1 is 1.53 bits per heavy atom. The first-order chi connectivity index (χ1) is 7.95. The van der Waals surface area contributed by atoms with Crippen LogP contribution in [0.15, 0.2) is 5.11 Å². The zero-order chi connectivity index (χ0) is 12.9. The molecule has 0 N–H and O–H groups in total. The number of azide groups is 1. The molecule has 1 aliphatic heterocycles. The molecule has 1 aliphatic rings. The molecule has 0 aromatic rings. The number of halogens is 3. The maximum atomic E-state index is 12.9. The average Bonchev–Trinajstić information content (AvgIpc) is 2.63. The predicted molar refractivity (Wildman–Crippen MR) is 55.5 cm³/mol. The first kappa shape index (κ1) is 14.1. The second kappa shape index (κ2) is 5.57. The molecule has 98 valence electrons. The molecular formula is C9H15F3N4O. The van der Waals surface area contributed by atoms with Gasteiger partial charge in [0.2, 0.25) is 0 Å². The molecule has 0 spiro atoms. The maximum Gasteiger partial charge on any atom is 0.418 e. The van der Waals surface area contributed by atoms with Crippen LogP contribution in [-0.4, -0.2) is 49.5 Å². The van der Waals surface area contributed by atoms with Crippen LogP contribution in [0.3, 0.4) is 0 Å². The number of alkyl halides is 3. The SMILES string of the molecule is CCO[C@]1(C(F)(F)F)CCN(CCN=[N+]=[N-])C1. The predicted octanol–water partition coefficient (Wildman–Crippen LogP) is 2.34. The van der Waals surface area contributed by atoms with E-state index in [-0.39, 0.29) is 26.1 Å². The highest BCUT2D eigenvalue weighted by molar-refractivity contribution is 4.97. The third-order valence-electron chi connectivity index (χ3n) is 2.83. The van der Waals surface area contributed by atoms with Crippen LogP contribution in [0.4, 0.5) is 13.2 Å². The van der Waals surface area contributed by atoms with E-state index < -0.39 is 11.8 Å². The van der Waals surface area contributed by atoms with Crippen molar-refractivity contribution in [2.24, 2.45) is 5.11 Å². The summed E-state index contributed by atoms with van der Waals surface area (Å²) in [7, 11) is 0. The number of rotatable bonds is 5. The molecule has 1 fully saturated rings. The van der Waals surface area contributed by atoms with E-state index in [0.29, 0.717) is 13.1 Å². The smallest absolute Gasteiger partial charge is 0.364 e. The van der Waals surface area contributed by atoms with Crippen molar-refractivity contribution < 1.29 is 17.9 Å². The van der Waals surface area contributed by atoms with Crippen LogP contribution in [0.25, 0.3) is 10.4 Å². The molecule has 1 rings (SSSR count). The van der Waals surface area contributed by atoms with Gasteiger partial charge in [0, 0.05) is 37.7 Å². The van der Waals surface area contributed by atoms with Crippen LogP contribution < -0.4 is 0 Å². The zero-order valence-corrected chi connectivity index (χ0v) is 9.57. The van der Waals surface area contributed by atoms with E-state index >= 15 is 0 Å². The van der Waals surface area contributed by atoms with Gasteiger partial charge in [-0.3, -0.25) is 4.90 Å². The van der Waals surface area contributed by atoms with Gasteiger partial charge in [-0.25, -0.2) is 0 Å². The van der Waals surface area contributed by atoms with Crippen molar-refractivity contribution in [1.82, 2.24) is 4.90 Å². The number of nitrogens with zero attached hydrogens (tertiary/aromatic N) is 4. The van der Waals surface area contributed by atoms with E-state index in [2.05, 4.69) is 10.0 Å². The summed E-state index contributed by atoms with van der Waals surface area (Å²) in [5.74, 6) is 0. The van der Waals surface area contributed by atoms with E-state index in [1.54, 1.807) is 11.8 Å². The van der Waals surface area contributed by atoms with Gasteiger partial charge in [-0.2, -0.15) is 13.2 Å². The van der Waals surface area contributed by atoms with E-state index in [0.717, 1.165) is 0 Å². The molecule has 0 saturated carbocycles. The van der Waals surface area contributed by atoms with E-state index in [4.69, 9.17) is 10.3 Å². The van der Waals surface area contributed by atoms with Crippen molar-refractivity contribution in [1.29, 1.82) is 0 Å². The van der Waals surface area contributed by atoms with Crippen molar-refractivity contribution in [3.05, 3.63) is 10.4 Å². The molecule has 1 atom stereocenters. The fraction of sp³-hybridized carbons (Fsp3) is 1.00. The van der Waals surface area contributed by atoms with Crippen LogP contribution in [0.5, 0.6) is 0 Å². The fourth-order valence-corrected chi connectivity index (χ4v) is 1.99. The van der Waals surface area contributed by atoms with Crippen LogP contribution in [-0.2, 0) is 4.74 Å². The fourth-order valence-electron chi connectivity index (χ4n) is 1.99. The average molecular weight is 252 g/mol. The summed E-state index contributed by atoms with van der Waals surface area (Å²) >= 11 is 0. The van der Waals surface area contributed by atoms with Gasteiger partial charge in [-0.05, 0) is 18.9 Å². The molecule has 0 radical (unpaired) electrons. The van der Waals surface area contributed by atoms with Gasteiger partial charge in [-0.1, -0.05) is 5.11 Å². The molecule has 0 aromatic carbocycles. The summed E-state index contributed by atoms with van der Waals surface area (Å²) in [6, 6.07) is 0. The number of ether oxygens (including phenoxy) is 1. The highest BCUT2D eigenvalue weighted by Crippen LogP contribution is 2.40. The topological polar surface area (TPSA) is 61.2 Å². The lowest BCUT2D eigenvalue weighted by Crippen LogP contribution is -2.50. The highest BCUT2D eigenvalue weighted by Gasteiger charge is 2.58. The minimum atomic E-state index is -4.36. The quantitative estimate of drug-likeness (QED) is 0.428. The summed E-state index contributed by atoms with van der Waals surface area (Å²) in [4.78, 5) is 4.17. The largest absolute Gasteiger partial charge is 0.418 e. The normalized spacial score (nSPS) is 25.9. The molecule has 0 aromatic heterocycles. The Kier molecular flexibility index (Phi) is 4.62. The summed E-state index contributed by atoms with van der Waals surface area (Å²) in [5, 5.41) is 3.31. The highest BCUT2D eigenvalue weighted by atomic mass is 19.4. The maximum absolute atomic E-state index is 12.9. The molecule has 1 heterocycles. The van der Waals surface area contributed by atoms with Gasteiger partial charge >= 0.3 is 6.18 Å². The lowest BCUT2D eigenvalue weighted by Gasteiger charge is -2.31. The van der Waals surface area contributed by atoms with Crippen LogP contribution >= 0.6 is 0 Å². The number of hydrogen-bond donors (Lipinski definition) is 0. The minimum Gasteiger partial charge on any atom is -0.364 e. The van der Waals surface area contributed by atoms with E-state index in [9.17, 15) is 13.2 Å². The Morgan fingerprint density at radius 2 is 2.24 bits per heavy atom. The second-order valence-electron chi connectivity index (χ2n) is 3.91. The van der Waals surface area contributed by atoms with E-state index in [1.165, 1.54) is 0 Å². The Labute approximate surface area is 97.2 Å². The zero-order valence-electron chi connectivity index (χ0n) is 9.57. The second-order valence-corrected chi connectivity index (χ2v) is 3.91. The van der Waals surface area contributed by atoms with Gasteiger partial charge < -0.3 is 4.74 Å². The van der Waals surface area contributed by atoms with Crippen molar-refractivity contribution in [2.45, 2.75) is 25.1 Å². The van der Waals surface area contributed by atoms with Gasteiger partial charge in [-0.15, -0.1) is 0 Å². The van der Waals surface area contributed by atoms with Crippen molar-refractivity contribution in [3.8, 4) is 0 Å². The number of hydrogen-bond acceptors (Lipinski definition) is 3. The van der Waals surface area contributed by atoms with Gasteiger partial charge in [0.05, 0.1) is 0 Å². The third-order valence-corrected chi connectivity index (χ3v) is 2.83. The Bertz CT molecular complexity index is 303. The molecule has 5 nitrogen and oxygen atoms in total. The summed E-state index contributed by atoms with van der Waals surface area (Å²) < 4.78 is 43.7. The number of likely N-dealkylation sites (tertiary alicyclic amines) is 1. The summed E-state index contributed by atoms with van der Waals surface area (Å²) in [5.41, 5.74) is 6.03. The van der Waals surface area contributed by atoms with Crippen molar-refractivity contribution in [3.63, 3.8) is 0 Å². The van der Waals surface area contributed by atoms with E-state index in [1.807, 2.05) is 0 Å². The molecule has 17 heavy (non-hydrogen) atoms. The van der Waals surface area contributed by atoms with Crippen molar-refractivity contribution in [2.75, 3.05) is 32.8 Å². The molecule has 8 heteroatoms. The lowest BCUT2D eigenvalue weighted by atomic mass is 10.0. The van der Waals surface area contributed by atoms with Gasteiger partial charge in [0.1, 0.15) is 0 Å². The van der Waals surface area contributed by atoms with Crippen molar-refractivity contribution >= 4 is 0 Å². The lowest BCUT2D eigenvalue weighted by molar-refractivity contribution is -0.270. The Hall–Kier alpha value is -0.980. The molecule has 0 aliphatic carbocycles. The standard InChI is InChI=1S/C9H15F3N4O/c1-2-17-8(9(10,11)12)3-5-16(7-8)6-4-14-15-13/h2-7H2,1H3/t8-/m1/s1. The first-order valence-electron chi connectivity index (χ1n) is 5.39. The molecular weight excluding hydrogens is 237 g/mol. The Morgan fingerprint density at radius 3 is 2.76 bits per heavy atom. The summed E-state index contributed by atoms with van der Waals surface area (Å²) in [6.45, 7) is 2.21. The van der Waals surface area contributed by atoms with Gasteiger partial charge in [0.25, 0.3) is 0 Å². The van der Waals surface area contributed by atoms with Gasteiger partial charge in [0.15, 0.2) is 5.60 Å². The van der Waals surface area contributed by atoms with Crippen LogP contribution in [0.1, 0.15) is 13.3 Å². The molecule has 0 bridgehead atoms. The molecule has 0 amide bonds. The minimum absolute atomic E-state index is 0.0314. The molecule has 1 saturated heterocycles. The molecule has 0 unspecified atom stereocenters. The first-order valence-corrected chi connectivity index (χ1v) is 5.39. The van der Waals surface area contributed by atoms with Crippen LogP contribution in [0.2, 0.25) is 0 Å².